The smallest absolute Gasteiger partial charge is 0.225 e. The molecule has 0 bridgehead atoms. The van der Waals surface area contributed by atoms with Gasteiger partial charge < -0.3 is 15.1 Å². The van der Waals surface area contributed by atoms with E-state index in [2.05, 4.69) is 15.2 Å². The summed E-state index contributed by atoms with van der Waals surface area (Å²) >= 11 is 3.18. The predicted octanol–water partition coefficient (Wildman–Crippen LogP) is 2.12. The molecule has 6 nitrogen and oxygen atoms in total. The Morgan fingerprint density at radius 1 is 1.25 bits per heavy atom. The molecule has 0 saturated carbocycles. The monoisotopic (exact) mass is 364 g/mol. The van der Waals surface area contributed by atoms with Crippen molar-refractivity contribution in [3.63, 3.8) is 0 Å². The first-order valence-corrected chi connectivity index (χ1v) is 9.62. The Morgan fingerprint density at radius 2 is 2.04 bits per heavy atom. The lowest BCUT2D eigenvalue weighted by atomic mass is 10.1. The summed E-state index contributed by atoms with van der Waals surface area (Å²) in [6.07, 6.45) is 2.11. The Bertz CT molecular complexity index is 664. The standard InChI is InChI=1S/C16H20N4O2S2/c1-12(21)18-13(14-3-2-9-23-14)11-15(22)19-5-7-20(8-6-19)16-17-4-10-24-16/h2-4,9-10,13H,5-8,11H2,1H3,(H,18,21). The molecule has 2 aromatic rings. The highest BCUT2D eigenvalue weighted by atomic mass is 32.1. The summed E-state index contributed by atoms with van der Waals surface area (Å²) < 4.78 is 0. The molecule has 0 aliphatic carbocycles. The van der Waals surface area contributed by atoms with Gasteiger partial charge in [-0.25, -0.2) is 4.98 Å². The maximum atomic E-state index is 12.6. The fourth-order valence-corrected chi connectivity index (χ4v) is 4.26. The number of hydrogen-bond acceptors (Lipinski definition) is 6. The topological polar surface area (TPSA) is 65.5 Å². The van der Waals surface area contributed by atoms with Gasteiger partial charge in [0.25, 0.3) is 0 Å². The van der Waals surface area contributed by atoms with Crippen LogP contribution in [0, 0.1) is 0 Å². The van der Waals surface area contributed by atoms with Crippen LogP contribution in [0.15, 0.2) is 29.1 Å². The molecule has 128 valence electrons. The normalized spacial score (nSPS) is 16.0. The third-order valence-corrected chi connectivity index (χ3v) is 5.78. The summed E-state index contributed by atoms with van der Waals surface area (Å²) in [6.45, 7) is 4.45. The van der Waals surface area contributed by atoms with Crippen molar-refractivity contribution in [2.45, 2.75) is 19.4 Å². The number of aromatic nitrogens is 1. The van der Waals surface area contributed by atoms with Crippen molar-refractivity contribution in [1.82, 2.24) is 15.2 Å². The van der Waals surface area contributed by atoms with Crippen LogP contribution in [0.2, 0.25) is 0 Å². The van der Waals surface area contributed by atoms with Gasteiger partial charge >= 0.3 is 0 Å². The number of amides is 2. The minimum absolute atomic E-state index is 0.0842. The van der Waals surface area contributed by atoms with Gasteiger partial charge in [0.2, 0.25) is 11.8 Å². The fourth-order valence-electron chi connectivity index (χ4n) is 2.78. The average Bonchev–Trinajstić information content (AvgIpc) is 3.27. The number of nitrogens with one attached hydrogen (secondary N) is 1. The average molecular weight is 364 g/mol. The van der Waals surface area contributed by atoms with Crippen molar-refractivity contribution < 1.29 is 9.59 Å². The first kappa shape index (κ1) is 16.9. The van der Waals surface area contributed by atoms with Crippen LogP contribution in [0.4, 0.5) is 5.13 Å². The lowest BCUT2D eigenvalue weighted by molar-refractivity contribution is -0.132. The molecule has 1 fully saturated rings. The van der Waals surface area contributed by atoms with Gasteiger partial charge in [0.15, 0.2) is 5.13 Å². The van der Waals surface area contributed by atoms with Gasteiger partial charge in [-0.05, 0) is 11.4 Å². The van der Waals surface area contributed by atoms with Gasteiger partial charge in [-0.15, -0.1) is 22.7 Å². The Morgan fingerprint density at radius 3 is 2.62 bits per heavy atom. The van der Waals surface area contributed by atoms with E-state index in [4.69, 9.17) is 0 Å². The summed E-state index contributed by atoms with van der Waals surface area (Å²) in [5, 5.41) is 7.82. The lowest BCUT2D eigenvalue weighted by Crippen LogP contribution is -2.49. The van der Waals surface area contributed by atoms with Crippen LogP contribution >= 0.6 is 22.7 Å². The molecule has 3 rings (SSSR count). The maximum Gasteiger partial charge on any atom is 0.225 e. The van der Waals surface area contributed by atoms with Gasteiger partial charge in [-0.1, -0.05) is 6.07 Å². The third kappa shape index (κ3) is 4.12. The van der Waals surface area contributed by atoms with Crippen molar-refractivity contribution in [3.8, 4) is 0 Å². The molecular formula is C16H20N4O2S2. The minimum Gasteiger partial charge on any atom is -0.348 e. The molecule has 1 unspecified atom stereocenters. The Labute approximate surface area is 149 Å². The molecule has 3 heterocycles. The molecule has 1 saturated heterocycles. The van der Waals surface area contributed by atoms with Gasteiger partial charge in [-0.3, -0.25) is 9.59 Å². The number of rotatable bonds is 5. The van der Waals surface area contributed by atoms with Gasteiger partial charge in [0.1, 0.15) is 0 Å². The fraction of sp³-hybridized carbons (Fsp3) is 0.438. The van der Waals surface area contributed by atoms with Crippen LogP contribution in [-0.4, -0.2) is 47.9 Å². The quantitative estimate of drug-likeness (QED) is 0.883. The second kappa shape index (κ2) is 7.76. The molecule has 1 aliphatic heterocycles. The molecule has 1 aliphatic rings. The molecule has 24 heavy (non-hydrogen) atoms. The van der Waals surface area contributed by atoms with E-state index in [1.807, 2.05) is 27.8 Å². The second-order valence-corrected chi connectivity index (χ2v) is 7.51. The molecule has 1 atom stereocenters. The molecule has 2 amide bonds. The van der Waals surface area contributed by atoms with Gasteiger partial charge in [0.05, 0.1) is 12.5 Å². The van der Waals surface area contributed by atoms with E-state index in [1.54, 1.807) is 28.9 Å². The van der Waals surface area contributed by atoms with Crippen molar-refractivity contribution in [2.24, 2.45) is 0 Å². The number of piperazine rings is 1. The SMILES string of the molecule is CC(=O)NC(CC(=O)N1CCN(c2nccs2)CC1)c1cccs1. The summed E-state index contributed by atoms with van der Waals surface area (Å²) in [6, 6.07) is 3.65. The van der Waals surface area contributed by atoms with Crippen molar-refractivity contribution in [3.05, 3.63) is 34.0 Å². The van der Waals surface area contributed by atoms with E-state index >= 15 is 0 Å². The largest absolute Gasteiger partial charge is 0.348 e. The molecule has 1 N–H and O–H groups in total. The highest BCUT2D eigenvalue weighted by Gasteiger charge is 2.25. The predicted molar refractivity (Wildman–Crippen MR) is 96.4 cm³/mol. The number of hydrogen-bond donors (Lipinski definition) is 1. The van der Waals surface area contributed by atoms with E-state index in [-0.39, 0.29) is 17.9 Å². The zero-order chi connectivity index (χ0) is 16.9. The van der Waals surface area contributed by atoms with E-state index in [1.165, 1.54) is 6.92 Å². The van der Waals surface area contributed by atoms with Crippen LogP contribution in [0.3, 0.4) is 0 Å². The number of thiophene rings is 1. The Balaban J connectivity index is 1.57. The van der Waals surface area contributed by atoms with Crippen molar-refractivity contribution >= 4 is 39.6 Å². The maximum absolute atomic E-state index is 12.6. The van der Waals surface area contributed by atoms with Crippen LogP contribution in [0.1, 0.15) is 24.3 Å². The first-order valence-electron chi connectivity index (χ1n) is 7.86. The van der Waals surface area contributed by atoms with E-state index < -0.39 is 0 Å². The van der Waals surface area contributed by atoms with E-state index in [0.717, 1.165) is 23.1 Å². The summed E-state index contributed by atoms with van der Waals surface area (Å²) in [7, 11) is 0. The first-order chi connectivity index (χ1) is 11.6. The van der Waals surface area contributed by atoms with Crippen molar-refractivity contribution in [2.75, 3.05) is 31.1 Å². The van der Waals surface area contributed by atoms with E-state index in [0.29, 0.717) is 19.5 Å². The lowest BCUT2D eigenvalue weighted by Gasteiger charge is -2.35. The Hall–Kier alpha value is -1.93. The number of carbonyl (C=O) groups is 2. The number of carbonyl (C=O) groups excluding carboxylic acids is 2. The molecule has 2 aromatic heterocycles. The molecule has 0 aromatic carbocycles. The highest BCUT2D eigenvalue weighted by Crippen LogP contribution is 2.24. The minimum atomic E-state index is -0.244. The molecule has 8 heteroatoms. The van der Waals surface area contributed by atoms with Gasteiger partial charge in [-0.2, -0.15) is 0 Å². The van der Waals surface area contributed by atoms with Crippen LogP contribution < -0.4 is 10.2 Å². The third-order valence-electron chi connectivity index (χ3n) is 3.97. The summed E-state index contributed by atoms with van der Waals surface area (Å²) in [5.41, 5.74) is 0. The Kier molecular flexibility index (Phi) is 5.47. The summed E-state index contributed by atoms with van der Waals surface area (Å²) in [4.78, 5) is 33.5. The van der Waals surface area contributed by atoms with Crippen LogP contribution in [0.5, 0.6) is 0 Å². The van der Waals surface area contributed by atoms with Crippen LogP contribution in [-0.2, 0) is 9.59 Å². The van der Waals surface area contributed by atoms with Crippen molar-refractivity contribution in [1.29, 1.82) is 0 Å². The molecule has 0 radical (unpaired) electrons. The number of anilines is 1. The second-order valence-electron chi connectivity index (χ2n) is 5.66. The molecular weight excluding hydrogens is 344 g/mol. The van der Waals surface area contributed by atoms with Gasteiger partial charge in [0, 0.05) is 49.6 Å². The molecule has 0 spiro atoms. The van der Waals surface area contributed by atoms with E-state index in [9.17, 15) is 9.59 Å². The zero-order valence-electron chi connectivity index (χ0n) is 13.5. The summed E-state index contributed by atoms with van der Waals surface area (Å²) in [5.74, 6) is -0.0317. The number of thiazole rings is 1. The number of nitrogens with zero attached hydrogens (tertiary/aromatic N) is 3. The highest BCUT2D eigenvalue weighted by molar-refractivity contribution is 7.13. The van der Waals surface area contributed by atoms with Crippen LogP contribution in [0.25, 0.3) is 0 Å². The zero-order valence-corrected chi connectivity index (χ0v) is 15.1.